The summed E-state index contributed by atoms with van der Waals surface area (Å²) in [6.07, 6.45) is 0. The molecule has 0 saturated carbocycles. The number of imide groups is 1. The normalized spacial score (nSPS) is 16.5. The molecule has 1 aromatic carbocycles. The van der Waals surface area contributed by atoms with Crippen LogP contribution in [0.15, 0.2) is 24.3 Å². The number of hydrogen-bond donors (Lipinski definition) is 1. The summed E-state index contributed by atoms with van der Waals surface area (Å²) in [4.78, 5) is 38.8. The lowest BCUT2D eigenvalue weighted by molar-refractivity contribution is -0.127. The molecule has 0 aromatic heterocycles. The fraction of sp³-hybridized carbons (Fsp3) is 0.471. The second-order valence-electron chi connectivity index (χ2n) is 6.08. The summed E-state index contributed by atoms with van der Waals surface area (Å²) >= 11 is 0. The summed E-state index contributed by atoms with van der Waals surface area (Å²) in [7, 11) is 1.55. The first-order chi connectivity index (χ1) is 10.9. The smallest absolute Gasteiger partial charge is 0.262 e. The van der Waals surface area contributed by atoms with E-state index in [4.69, 9.17) is 4.74 Å². The predicted octanol–water partition coefficient (Wildman–Crippen LogP) is 1.46. The van der Waals surface area contributed by atoms with Gasteiger partial charge in [0.15, 0.2) is 0 Å². The first-order valence-electron chi connectivity index (χ1n) is 7.64. The van der Waals surface area contributed by atoms with Gasteiger partial charge >= 0.3 is 0 Å². The number of nitrogens with one attached hydrogen (secondary N) is 1. The molecule has 1 aromatic rings. The molecule has 2 unspecified atom stereocenters. The number of rotatable bonds is 6. The van der Waals surface area contributed by atoms with Crippen molar-refractivity contribution in [1.82, 2.24) is 10.2 Å². The third-order valence-electron chi connectivity index (χ3n) is 3.81. The highest BCUT2D eigenvalue weighted by Gasteiger charge is 2.43. The summed E-state index contributed by atoms with van der Waals surface area (Å²) in [5.74, 6) is -1.39. The monoisotopic (exact) mass is 318 g/mol. The maximum absolute atomic E-state index is 12.6. The minimum Gasteiger partial charge on any atom is -0.383 e. The molecule has 1 heterocycles. The fourth-order valence-electron chi connectivity index (χ4n) is 2.80. The highest BCUT2D eigenvalue weighted by Crippen LogP contribution is 2.27. The van der Waals surface area contributed by atoms with Gasteiger partial charge in [-0.25, -0.2) is 0 Å². The van der Waals surface area contributed by atoms with Crippen molar-refractivity contribution in [3.8, 4) is 0 Å². The number of ether oxygens (including phenoxy) is 1. The van der Waals surface area contributed by atoms with Gasteiger partial charge in [0.1, 0.15) is 6.04 Å². The van der Waals surface area contributed by atoms with E-state index in [-0.39, 0.29) is 17.9 Å². The van der Waals surface area contributed by atoms with Crippen LogP contribution in [0.25, 0.3) is 0 Å². The highest BCUT2D eigenvalue weighted by molar-refractivity contribution is 6.22. The number of fused-ring (bicyclic) bond motifs is 1. The van der Waals surface area contributed by atoms with Gasteiger partial charge < -0.3 is 10.1 Å². The van der Waals surface area contributed by atoms with Gasteiger partial charge in [-0.15, -0.1) is 0 Å². The van der Waals surface area contributed by atoms with Crippen molar-refractivity contribution < 1.29 is 19.1 Å². The van der Waals surface area contributed by atoms with Crippen LogP contribution in [-0.2, 0) is 9.53 Å². The zero-order valence-electron chi connectivity index (χ0n) is 13.8. The Kier molecular flexibility index (Phi) is 5.15. The van der Waals surface area contributed by atoms with Crippen LogP contribution in [0.2, 0.25) is 0 Å². The summed E-state index contributed by atoms with van der Waals surface area (Å²) in [5, 5.41) is 2.80. The Hall–Kier alpha value is -2.21. The molecule has 0 spiro atoms. The fourth-order valence-corrected chi connectivity index (χ4v) is 2.80. The van der Waals surface area contributed by atoms with Crippen LogP contribution in [0.4, 0.5) is 0 Å². The van der Waals surface area contributed by atoms with E-state index in [0.29, 0.717) is 17.7 Å². The lowest BCUT2D eigenvalue weighted by atomic mass is 10.0. The Balaban J connectivity index is 2.28. The number of nitrogens with zero attached hydrogens (tertiary/aromatic N) is 1. The molecule has 1 N–H and O–H groups in total. The van der Waals surface area contributed by atoms with Gasteiger partial charge in [0.2, 0.25) is 5.91 Å². The van der Waals surface area contributed by atoms with Gasteiger partial charge in [-0.2, -0.15) is 0 Å². The van der Waals surface area contributed by atoms with Gasteiger partial charge in [-0.3, -0.25) is 19.3 Å². The third kappa shape index (κ3) is 3.27. The Morgan fingerprint density at radius 1 is 1.13 bits per heavy atom. The number of methoxy groups -OCH3 is 1. The molecule has 0 aliphatic carbocycles. The van der Waals surface area contributed by atoms with E-state index in [9.17, 15) is 14.4 Å². The van der Waals surface area contributed by atoms with Gasteiger partial charge in [0.05, 0.1) is 17.7 Å². The quantitative estimate of drug-likeness (QED) is 0.806. The summed E-state index contributed by atoms with van der Waals surface area (Å²) in [6, 6.07) is 5.58. The first kappa shape index (κ1) is 17.1. The van der Waals surface area contributed by atoms with Crippen LogP contribution in [-0.4, -0.2) is 48.4 Å². The van der Waals surface area contributed by atoms with Crippen molar-refractivity contribution in [2.45, 2.75) is 32.9 Å². The molecule has 0 radical (unpaired) electrons. The van der Waals surface area contributed by atoms with Crippen molar-refractivity contribution >= 4 is 17.7 Å². The molecule has 124 valence electrons. The topological polar surface area (TPSA) is 75.7 Å². The summed E-state index contributed by atoms with van der Waals surface area (Å²) < 4.78 is 5.00. The van der Waals surface area contributed by atoms with E-state index in [1.54, 1.807) is 38.3 Å². The second-order valence-corrected chi connectivity index (χ2v) is 6.08. The van der Waals surface area contributed by atoms with E-state index >= 15 is 0 Å². The Labute approximate surface area is 135 Å². The van der Waals surface area contributed by atoms with Crippen molar-refractivity contribution in [3.05, 3.63) is 35.4 Å². The first-order valence-corrected chi connectivity index (χ1v) is 7.64. The standard InChI is InChI=1S/C17H22N2O4/c1-10(2)14(15(20)18-11(3)9-23-4)19-16(21)12-7-5-6-8-13(12)17(19)22/h5-8,10-11,14H,9H2,1-4H3,(H,18,20). The van der Waals surface area contributed by atoms with Crippen molar-refractivity contribution in [3.63, 3.8) is 0 Å². The molecule has 3 amide bonds. The van der Waals surface area contributed by atoms with Crippen LogP contribution < -0.4 is 5.32 Å². The van der Waals surface area contributed by atoms with E-state index < -0.39 is 17.9 Å². The maximum atomic E-state index is 12.6. The molecular formula is C17H22N2O4. The molecule has 0 saturated heterocycles. The summed E-state index contributed by atoms with van der Waals surface area (Å²) in [5.41, 5.74) is 0.696. The number of carbonyl (C=O) groups excluding carboxylic acids is 3. The van der Waals surface area contributed by atoms with Gasteiger partial charge in [0, 0.05) is 13.2 Å². The number of benzene rings is 1. The van der Waals surface area contributed by atoms with Crippen LogP contribution in [0.5, 0.6) is 0 Å². The summed E-state index contributed by atoms with van der Waals surface area (Å²) in [6.45, 7) is 5.80. The predicted molar refractivity (Wildman–Crippen MR) is 85.0 cm³/mol. The molecular weight excluding hydrogens is 296 g/mol. The zero-order valence-corrected chi connectivity index (χ0v) is 13.8. The molecule has 1 aliphatic rings. The number of hydrogen-bond acceptors (Lipinski definition) is 4. The van der Waals surface area contributed by atoms with Gasteiger partial charge in [0.25, 0.3) is 11.8 Å². The molecule has 23 heavy (non-hydrogen) atoms. The Bertz CT molecular complexity index is 592. The van der Waals surface area contributed by atoms with Crippen molar-refractivity contribution in [1.29, 1.82) is 0 Å². The van der Waals surface area contributed by atoms with Crippen LogP contribution in [0.3, 0.4) is 0 Å². The number of amides is 3. The SMILES string of the molecule is COCC(C)NC(=O)C(C(C)C)N1C(=O)c2ccccc2C1=O. The lowest BCUT2D eigenvalue weighted by Gasteiger charge is -2.29. The van der Waals surface area contributed by atoms with E-state index in [2.05, 4.69) is 5.32 Å². The van der Waals surface area contributed by atoms with E-state index in [0.717, 1.165) is 4.90 Å². The second kappa shape index (κ2) is 6.91. The molecule has 2 rings (SSSR count). The Morgan fingerprint density at radius 2 is 1.65 bits per heavy atom. The average Bonchev–Trinajstić information content (AvgIpc) is 2.73. The molecule has 2 atom stereocenters. The lowest BCUT2D eigenvalue weighted by Crippen LogP contribution is -2.54. The van der Waals surface area contributed by atoms with Crippen LogP contribution in [0.1, 0.15) is 41.5 Å². The van der Waals surface area contributed by atoms with Gasteiger partial charge in [-0.05, 0) is 25.0 Å². The number of carbonyl (C=O) groups is 3. The minimum atomic E-state index is -0.846. The van der Waals surface area contributed by atoms with Crippen molar-refractivity contribution in [2.24, 2.45) is 5.92 Å². The molecule has 6 nitrogen and oxygen atoms in total. The zero-order chi connectivity index (χ0) is 17.1. The van der Waals surface area contributed by atoms with Crippen LogP contribution >= 0.6 is 0 Å². The van der Waals surface area contributed by atoms with Gasteiger partial charge in [-0.1, -0.05) is 26.0 Å². The molecule has 0 bridgehead atoms. The minimum absolute atomic E-state index is 0.202. The molecule has 0 fully saturated rings. The van der Waals surface area contributed by atoms with E-state index in [1.807, 2.05) is 13.8 Å². The molecule has 6 heteroatoms. The van der Waals surface area contributed by atoms with E-state index in [1.165, 1.54) is 0 Å². The largest absolute Gasteiger partial charge is 0.383 e. The highest BCUT2D eigenvalue weighted by atomic mass is 16.5. The molecule has 1 aliphatic heterocycles. The maximum Gasteiger partial charge on any atom is 0.262 e. The Morgan fingerprint density at radius 3 is 2.09 bits per heavy atom. The van der Waals surface area contributed by atoms with Crippen LogP contribution in [0, 0.1) is 5.92 Å². The average molecular weight is 318 g/mol. The van der Waals surface area contributed by atoms with Crippen molar-refractivity contribution in [2.75, 3.05) is 13.7 Å². The third-order valence-corrected chi connectivity index (χ3v) is 3.81.